The van der Waals surface area contributed by atoms with E-state index in [2.05, 4.69) is 40.7 Å². The first-order chi connectivity index (χ1) is 16.1. The molecule has 0 radical (unpaired) electrons. The molecular weight excluding hydrogens is 440 g/mol. The number of allylic oxidation sites excluding steroid dienone is 2. The Kier molecular flexibility index (Phi) is 5.83. The van der Waals surface area contributed by atoms with E-state index in [9.17, 15) is 20.1 Å². The van der Waals surface area contributed by atoms with E-state index >= 15 is 0 Å². The van der Waals surface area contributed by atoms with Crippen LogP contribution in [0.1, 0.15) is 99.8 Å². The first kappa shape index (κ1) is 25.9. The summed E-state index contributed by atoms with van der Waals surface area (Å²) < 4.78 is 5.86. The Balaban J connectivity index is 1.44. The Morgan fingerprint density at radius 3 is 2.43 bits per heavy atom. The lowest BCUT2D eigenvalue weighted by molar-refractivity contribution is -0.172. The Morgan fingerprint density at radius 1 is 1.09 bits per heavy atom. The van der Waals surface area contributed by atoms with Gasteiger partial charge in [-0.2, -0.15) is 0 Å². The van der Waals surface area contributed by atoms with Gasteiger partial charge in [-0.1, -0.05) is 46.3 Å². The molecule has 3 N–H and O–H groups in total. The van der Waals surface area contributed by atoms with Crippen LogP contribution in [0.25, 0.3) is 0 Å². The Labute approximate surface area is 211 Å². The molecule has 4 aliphatic carbocycles. The number of carbonyl (C=O) groups is 1. The van der Waals surface area contributed by atoms with E-state index in [-0.39, 0.29) is 27.6 Å². The molecule has 5 nitrogen and oxygen atoms in total. The second-order valence-corrected chi connectivity index (χ2v) is 14.6. The highest BCUT2D eigenvalue weighted by molar-refractivity contribution is 5.85. The minimum absolute atomic E-state index is 0.0286. The van der Waals surface area contributed by atoms with Gasteiger partial charge >= 0.3 is 0 Å². The summed E-state index contributed by atoms with van der Waals surface area (Å²) in [6.07, 6.45) is 7.78. The fraction of sp³-hybridized carbons (Fsp3) is 0.900. The topological polar surface area (TPSA) is 87.0 Å². The summed E-state index contributed by atoms with van der Waals surface area (Å²) in [4.78, 5) is 12.8. The Bertz CT molecular complexity index is 916. The molecule has 0 amide bonds. The molecule has 0 aromatic carbocycles. The van der Waals surface area contributed by atoms with E-state index in [1.807, 2.05) is 0 Å². The summed E-state index contributed by atoms with van der Waals surface area (Å²) in [5, 5.41) is 31.9. The molecule has 0 unspecified atom stereocenters. The number of hydrogen-bond acceptors (Lipinski definition) is 5. The zero-order valence-electron chi connectivity index (χ0n) is 22.9. The molecule has 4 fully saturated rings. The zero-order valence-corrected chi connectivity index (χ0v) is 22.9. The molecule has 0 aromatic heterocycles. The largest absolute Gasteiger partial charge is 0.388 e. The van der Waals surface area contributed by atoms with E-state index in [1.165, 1.54) is 0 Å². The van der Waals surface area contributed by atoms with Gasteiger partial charge in [0.1, 0.15) is 11.9 Å². The number of carbonyl (C=O) groups excluding carboxylic acids is 1. The number of ketones is 1. The van der Waals surface area contributed by atoms with Gasteiger partial charge < -0.3 is 20.1 Å². The number of fused-ring (bicyclic) bond motifs is 5. The maximum Gasteiger partial charge on any atom is 0.158 e. The second kappa shape index (κ2) is 7.88. The van der Waals surface area contributed by atoms with E-state index in [1.54, 1.807) is 19.4 Å². The smallest absolute Gasteiger partial charge is 0.158 e. The van der Waals surface area contributed by atoms with E-state index < -0.39 is 24.1 Å². The highest BCUT2D eigenvalue weighted by atomic mass is 16.6. The molecular formula is C30H48O5. The van der Waals surface area contributed by atoms with Gasteiger partial charge in [0.25, 0.3) is 0 Å². The predicted molar refractivity (Wildman–Crippen MR) is 135 cm³/mol. The lowest BCUT2D eigenvalue weighted by Gasteiger charge is -2.63. The molecule has 0 aromatic rings. The minimum atomic E-state index is -1.26. The van der Waals surface area contributed by atoms with Gasteiger partial charge in [0, 0.05) is 17.8 Å². The third kappa shape index (κ3) is 3.43. The number of Topliss-reactive ketones (excluding diaryl/α,β-unsaturated/α-hetero) is 1. The van der Waals surface area contributed by atoms with Crippen molar-refractivity contribution in [3.8, 4) is 0 Å². The number of hydrogen-bond donors (Lipinski definition) is 3. The van der Waals surface area contributed by atoms with Crippen molar-refractivity contribution in [2.45, 2.75) is 124 Å². The number of aliphatic hydroxyl groups is 3. The number of aliphatic hydroxyl groups excluding tert-OH is 2. The summed E-state index contributed by atoms with van der Waals surface area (Å²) in [7, 11) is 0. The lowest BCUT2D eigenvalue weighted by Crippen LogP contribution is -2.57. The zero-order chi connectivity index (χ0) is 25.8. The standard InChI is InChI=1S/C30H48O5/c1-26(2)22-9-8-20-19(28(22,5)13-12-23(26)31)11-15-29(6)18(10-14-30(20,29)7)17-16-21(35-25(17)33)24(32)27(3,4)34/h8,17-19,21-22,24-25,32-34H,9-16H2,1-7H3/t17-,18-,19-,21+,22-,24+,25+,28+,29-,30+/m0/s1. The molecule has 1 heterocycles. The maximum absolute atomic E-state index is 12.8. The van der Waals surface area contributed by atoms with Gasteiger partial charge in [-0.05, 0) is 92.8 Å². The third-order valence-electron chi connectivity index (χ3n) is 12.4. The van der Waals surface area contributed by atoms with Crippen LogP contribution in [0.3, 0.4) is 0 Å². The van der Waals surface area contributed by atoms with Crippen LogP contribution >= 0.6 is 0 Å². The van der Waals surface area contributed by atoms with Gasteiger partial charge in [0.2, 0.25) is 0 Å². The van der Waals surface area contributed by atoms with Crippen LogP contribution in [0.5, 0.6) is 0 Å². The molecule has 3 saturated carbocycles. The summed E-state index contributed by atoms with van der Waals surface area (Å²) in [6.45, 7) is 14.9. The van der Waals surface area contributed by atoms with Crippen LogP contribution in [-0.2, 0) is 9.53 Å². The van der Waals surface area contributed by atoms with Crippen molar-refractivity contribution >= 4 is 5.78 Å². The Morgan fingerprint density at radius 2 is 1.77 bits per heavy atom. The lowest BCUT2D eigenvalue weighted by atomic mass is 9.41. The molecule has 35 heavy (non-hydrogen) atoms. The van der Waals surface area contributed by atoms with Crippen LogP contribution in [0.15, 0.2) is 11.6 Å². The predicted octanol–water partition coefficient (Wildman–Crippen LogP) is 5.02. The van der Waals surface area contributed by atoms with Crippen molar-refractivity contribution in [3.05, 3.63) is 11.6 Å². The molecule has 1 saturated heterocycles. The third-order valence-corrected chi connectivity index (χ3v) is 12.4. The molecule has 10 atom stereocenters. The van der Waals surface area contributed by atoms with Crippen LogP contribution in [0, 0.1) is 45.3 Å². The second-order valence-electron chi connectivity index (χ2n) is 14.6. The fourth-order valence-corrected chi connectivity index (χ4v) is 9.98. The van der Waals surface area contributed by atoms with Gasteiger partial charge in [-0.3, -0.25) is 4.79 Å². The van der Waals surface area contributed by atoms with Crippen molar-refractivity contribution in [1.82, 2.24) is 0 Å². The van der Waals surface area contributed by atoms with Crippen molar-refractivity contribution in [3.63, 3.8) is 0 Å². The molecule has 0 spiro atoms. The molecule has 5 aliphatic rings. The average molecular weight is 489 g/mol. The number of rotatable bonds is 3. The monoisotopic (exact) mass is 488 g/mol. The van der Waals surface area contributed by atoms with E-state index in [0.29, 0.717) is 36.4 Å². The van der Waals surface area contributed by atoms with Crippen molar-refractivity contribution in [2.24, 2.45) is 45.3 Å². The molecule has 1 aliphatic heterocycles. The normalized spacial score (nSPS) is 50.2. The molecule has 5 rings (SSSR count). The summed E-state index contributed by atoms with van der Waals surface area (Å²) in [5.74, 6) is 1.66. The number of ether oxygens (including phenoxy) is 1. The first-order valence-corrected chi connectivity index (χ1v) is 14.0. The van der Waals surface area contributed by atoms with Crippen molar-refractivity contribution in [2.75, 3.05) is 0 Å². The van der Waals surface area contributed by atoms with Crippen molar-refractivity contribution < 1.29 is 24.9 Å². The fourth-order valence-electron chi connectivity index (χ4n) is 9.98. The van der Waals surface area contributed by atoms with Gasteiger partial charge in [0.15, 0.2) is 6.29 Å². The first-order valence-electron chi connectivity index (χ1n) is 14.0. The average Bonchev–Trinajstić information content (AvgIpc) is 3.26. The van der Waals surface area contributed by atoms with Crippen LogP contribution in [-0.4, -0.2) is 45.2 Å². The highest BCUT2D eigenvalue weighted by Gasteiger charge is 2.66. The van der Waals surface area contributed by atoms with E-state index in [0.717, 1.165) is 38.5 Å². The summed E-state index contributed by atoms with van der Waals surface area (Å²) in [5.41, 5.74) is 0.409. The van der Waals surface area contributed by atoms with Gasteiger partial charge in [0.05, 0.1) is 11.7 Å². The summed E-state index contributed by atoms with van der Waals surface area (Å²) >= 11 is 0. The highest BCUT2D eigenvalue weighted by Crippen LogP contribution is 2.73. The molecule has 5 heteroatoms. The van der Waals surface area contributed by atoms with Crippen molar-refractivity contribution in [1.29, 1.82) is 0 Å². The van der Waals surface area contributed by atoms with Gasteiger partial charge in [-0.15, -0.1) is 0 Å². The van der Waals surface area contributed by atoms with Crippen LogP contribution in [0.4, 0.5) is 0 Å². The molecule has 0 bridgehead atoms. The Hall–Kier alpha value is -0.750. The maximum atomic E-state index is 12.8. The minimum Gasteiger partial charge on any atom is -0.388 e. The van der Waals surface area contributed by atoms with E-state index in [4.69, 9.17) is 4.74 Å². The quantitative estimate of drug-likeness (QED) is 0.486. The summed E-state index contributed by atoms with van der Waals surface area (Å²) in [6, 6.07) is 0. The SMILES string of the molecule is CC(C)(O)[C@H](O)[C@H]1C[C@@H]([C@@H]2CC[C@]3(C)C4=CC[C@H]5C(C)(C)C(=O)CC[C@]5(C)[C@H]4CC[C@@]23C)[C@H](O)O1. The van der Waals surface area contributed by atoms with Crippen LogP contribution in [0.2, 0.25) is 0 Å². The van der Waals surface area contributed by atoms with Crippen LogP contribution < -0.4 is 0 Å². The van der Waals surface area contributed by atoms with Gasteiger partial charge in [-0.25, -0.2) is 0 Å². The molecule has 198 valence electrons.